The number of benzene rings is 2. The van der Waals surface area contributed by atoms with Gasteiger partial charge in [-0.3, -0.25) is 4.79 Å². The molecule has 2 rings (SSSR count). The maximum atomic E-state index is 12.0. The Labute approximate surface area is 108 Å². The number of hydrogen-bond donors (Lipinski definition) is 0. The zero-order valence-electron chi connectivity index (χ0n) is 10.8. The van der Waals surface area contributed by atoms with Gasteiger partial charge < -0.3 is 4.74 Å². The van der Waals surface area contributed by atoms with Gasteiger partial charge >= 0.3 is 0 Å². The molecular formula is C16H18O2. The SMILES string of the molecule is CCCC(=O)C(OC)c1ccc2ccccc2c1. The number of methoxy groups -OCH3 is 1. The Morgan fingerprint density at radius 3 is 2.56 bits per heavy atom. The number of fused-ring (bicyclic) bond motifs is 1. The van der Waals surface area contributed by atoms with Crippen molar-refractivity contribution in [2.24, 2.45) is 0 Å². The summed E-state index contributed by atoms with van der Waals surface area (Å²) in [6, 6.07) is 14.2. The number of rotatable bonds is 5. The van der Waals surface area contributed by atoms with Crippen LogP contribution in [0.5, 0.6) is 0 Å². The third-order valence-corrected chi connectivity index (χ3v) is 3.10. The highest BCUT2D eigenvalue weighted by Gasteiger charge is 2.18. The fraction of sp³-hybridized carbons (Fsp3) is 0.312. The molecule has 94 valence electrons. The van der Waals surface area contributed by atoms with Crippen molar-refractivity contribution in [2.75, 3.05) is 7.11 Å². The normalized spacial score (nSPS) is 12.6. The van der Waals surface area contributed by atoms with Crippen LogP contribution in [0.25, 0.3) is 10.8 Å². The van der Waals surface area contributed by atoms with Crippen molar-refractivity contribution in [1.29, 1.82) is 0 Å². The molecule has 0 aliphatic carbocycles. The molecule has 0 fully saturated rings. The van der Waals surface area contributed by atoms with Crippen molar-refractivity contribution in [3.63, 3.8) is 0 Å². The van der Waals surface area contributed by atoms with Gasteiger partial charge in [-0.05, 0) is 28.8 Å². The van der Waals surface area contributed by atoms with Crippen LogP contribution in [0.4, 0.5) is 0 Å². The first kappa shape index (κ1) is 12.8. The van der Waals surface area contributed by atoms with Gasteiger partial charge in [0.05, 0.1) is 0 Å². The zero-order chi connectivity index (χ0) is 13.0. The Hall–Kier alpha value is -1.67. The van der Waals surface area contributed by atoms with Crippen LogP contribution < -0.4 is 0 Å². The molecule has 0 radical (unpaired) electrons. The minimum atomic E-state index is -0.436. The predicted octanol–water partition coefficient (Wildman–Crippen LogP) is 3.90. The summed E-state index contributed by atoms with van der Waals surface area (Å²) in [5.41, 5.74) is 0.939. The molecule has 2 nitrogen and oxygen atoms in total. The first-order valence-corrected chi connectivity index (χ1v) is 6.30. The maximum Gasteiger partial charge on any atom is 0.166 e. The molecule has 0 aliphatic rings. The number of hydrogen-bond acceptors (Lipinski definition) is 2. The lowest BCUT2D eigenvalue weighted by atomic mass is 9.99. The Bertz CT molecular complexity index is 546. The van der Waals surface area contributed by atoms with Crippen molar-refractivity contribution < 1.29 is 9.53 Å². The van der Waals surface area contributed by atoms with Crippen LogP contribution in [0.15, 0.2) is 42.5 Å². The van der Waals surface area contributed by atoms with Gasteiger partial charge in [0.25, 0.3) is 0 Å². The summed E-state index contributed by atoms with van der Waals surface area (Å²) in [5.74, 6) is 0.148. The fourth-order valence-electron chi connectivity index (χ4n) is 2.20. The molecule has 0 saturated heterocycles. The van der Waals surface area contributed by atoms with E-state index in [1.807, 2.05) is 37.3 Å². The smallest absolute Gasteiger partial charge is 0.166 e. The second-order valence-corrected chi connectivity index (χ2v) is 4.44. The number of carbonyl (C=O) groups is 1. The van der Waals surface area contributed by atoms with Gasteiger partial charge in [0.2, 0.25) is 0 Å². The van der Waals surface area contributed by atoms with Crippen molar-refractivity contribution in [3.8, 4) is 0 Å². The molecule has 0 bridgehead atoms. The molecule has 0 aromatic heterocycles. The molecule has 2 heteroatoms. The first-order chi connectivity index (χ1) is 8.76. The topological polar surface area (TPSA) is 26.3 Å². The standard InChI is InChI=1S/C16H18O2/c1-3-6-15(17)16(18-2)14-10-9-12-7-4-5-8-13(12)11-14/h4-5,7-11,16H,3,6H2,1-2H3. The quantitative estimate of drug-likeness (QED) is 0.795. The molecule has 2 aromatic rings. The highest BCUT2D eigenvalue weighted by atomic mass is 16.5. The third-order valence-electron chi connectivity index (χ3n) is 3.10. The highest BCUT2D eigenvalue weighted by molar-refractivity contribution is 5.88. The molecule has 0 saturated carbocycles. The van der Waals surface area contributed by atoms with Crippen LogP contribution in [-0.4, -0.2) is 12.9 Å². The van der Waals surface area contributed by atoms with E-state index in [4.69, 9.17) is 4.74 Å². The Balaban J connectivity index is 2.36. The summed E-state index contributed by atoms with van der Waals surface area (Å²) in [4.78, 5) is 12.0. The summed E-state index contributed by atoms with van der Waals surface area (Å²) in [6.07, 6.45) is 0.979. The van der Waals surface area contributed by atoms with Crippen LogP contribution in [0.1, 0.15) is 31.4 Å². The first-order valence-electron chi connectivity index (χ1n) is 6.30. The van der Waals surface area contributed by atoms with Gasteiger partial charge in [0.1, 0.15) is 6.10 Å². The van der Waals surface area contributed by atoms with Crippen molar-refractivity contribution in [3.05, 3.63) is 48.0 Å². The van der Waals surface area contributed by atoms with Crippen molar-refractivity contribution >= 4 is 16.6 Å². The molecule has 0 heterocycles. The minimum absolute atomic E-state index is 0.148. The molecule has 1 unspecified atom stereocenters. The average Bonchev–Trinajstić information content (AvgIpc) is 2.40. The van der Waals surface area contributed by atoms with E-state index < -0.39 is 6.10 Å². The Morgan fingerprint density at radius 1 is 1.17 bits per heavy atom. The number of Topliss-reactive ketones (excluding diaryl/α,β-unsaturated/α-hetero) is 1. The monoisotopic (exact) mass is 242 g/mol. The van der Waals surface area contributed by atoms with Gasteiger partial charge in [-0.1, -0.05) is 43.3 Å². The molecular weight excluding hydrogens is 224 g/mol. The lowest BCUT2D eigenvalue weighted by molar-refractivity contribution is -0.129. The second-order valence-electron chi connectivity index (χ2n) is 4.44. The molecule has 1 atom stereocenters. The summed E-state index contributed by atoms with van der Waals surface area (Å²) < 4.78 is 5.35. The van der Waals surface area contributed by atoms with Gasteiger partial charge in [0.15, 0.2) is 5.78 Å². The lowest BCUT2D eigenvalue weighted by Crippen LogP contribution is -2.14. The van der Waals surface area contributed by atoms with E-state index in [2.05, 4.69) is 12.1 Å². The summed E-state index contributed by atoms with van der Waals surface area (Å²) >= 11 is 0. The number of carbonyl (C=O) groups excluding carboxylic acids is 1. The summed E-state index contributed by atoms with van der Waals surface area (Å²) in [6.45, 7) is 2.00. The minimum Gasteiger partial charge on any atom is -0.369 e. The number of ketones is 1. The Morgan fingerprint density at radius 2 is 1.89 bits per heavy atom. The second kappa shape index (κ2) is 5.78. The predicted molar refractivity (Wildman–Crippen MR) is 73.6 cm³/mol. The van der Waals surface area contributed by atoms with Crippen LogP contribution in [0, 0.1) is 0 Å². The van der Waals surface area contributed by atoms with Crippen molar-refractivity contribution in [1.82, 2.24) is 0 Å². The van der Waals surface area contributed by atoms with Gasteiger partial charge in [-0.15, -0.1) is 0 Å². The van der Waals surface area contributed by atoms with E-state index in [1.165, 1.54) is 5.39 Å². The molecule has 18 heavy (non-hydrogen) atoms. The van der Waals surface area contributed by atoms with E-state index in [1.54, 1.807) is 7.11 Å². The number of ether oxygens (including phenoxy) is 1. The fourth-order valence-corrected chi connectivity index (χ4v) is 2.20. The molecule has 0 N–H and O–H groups in total. The third kappa shape index (κ3) is 2.59. The van der Waals surface area contributed by atoms with E-state index in [9.17, 15) is 4.79 Å². The largest absolute Gasteiger partial charge is 0.369 e. The van der Waals surface area contributed by atoms with Crippen molar-refractivity contribution in [2.45, 2.75) is 25.9 Å². The Kier molecular flexibility index (Phi) is 4.11. The van der Waals surface area contributed by atoms with Crippen LogP contribution in [0.3, 0.4) is 0 Å². The van der Waals surface area contributed by atoms with E-state index in [0.29, 0.717) is 6.42 Å². The van der Waals surface area contributed by atoms with Gasteiger partial charge in [-0.2, -0.15) is 0 Å². The molecule has 0 amide bonds. The van der Waals surface area contributed by atoms with Crippen LogP contribution >= 0.6 is 0 Å². The maximum absolute atomic E-state index is 12.0. The van der Waals surface area contributed by atoms with E-state index in [-0.39, 0.29) is 5.78 Å². The van der Waals surface area contributed by atoms with Gasteiger partial charge in [-0.25, -0.2) is 0 Å². The van der Waals surface area contributed by atoms with Gasteiger partial charge in [0, 0.05) is 13.5 Å². The van der Waals surface area contributed by atoms with E-state index in [0.717, 1.165) is 17.4 Å². The van der Waals surface area contributed by atoms with E-state index >= 15 is 0 Å². The highest BCUT2D eigenvalue weighted by Crippen LogP contribution is 2.24. The molecule has 0 aliphatic heterocycles. The lowest BCUT2D eigenvalue weighted by Gasteiger charge is -2.14. The van der Waals surface area contributed by atoms with Crippen LogP contribution in [0.2, 0.25) is 0 Å². The van der Waals surface area contributed by atoms with Crippen LogP contribution in [-0.2, 0) is 9.53 Å². The zero-order valence-corrected chi connectivity index (χ0v) is 10.8. The molecule has 2 aromatic carbocycles. The summed E-state index contributed by atoms with van der Waals surface area (Å²) in [7, 11) is 1.59. The molecule has 0 spiro atoms. The summed E-state index contributed by atoms with van der Waals surface area (Å²) in [5, 5.41) is 2.32. The average molecular weight is 242 g/mol.